The molecule has 0 radical (unpaired) electrons. The Kier molecular flexibility index (Phi) is 5.46. The molecule has 1 amide bonds. The number of hydrogen-bond donors (Lipinski definition) is 1. The van der Waals surface area contributed by atoms with Crippen molar-refractivity contribution in [3.8, 4) is 0 Å². The fourth-order valence-electron chi connectivity index (χ4n) is 2.65. The van der Waals surface area contributed by atoms with Crippen LogP contribution in [0.3, 0.4) is 0 Å². The highest BCUT2D eigenvalue weighted by atomic mass is 16.6. The SMILES string of the molecule is CCc1ccc(C[C@@H]2CN(C(=O)OC(C)(C)C)CCN2)cc1. The van der Waals surface area contributed by atoms with E-state index in [1.165, 1.54) is 11.1 Å². The van der Waals surface area contributed by atoms with Gasteiger partial charge in [-0.05, 0) is 44.7 Å². The minimum Gasteiger partial charge on any atom is -0.444 e. The van der Waals surface area contributed by atoms with E-state index < -0.39 is 5.60 Å². The molecule has 1 aliphatic heterocycles. The summed E-state index contributed by atoms with van der Waals surface area (Å²) in [7, 11) is 0. The first-order valence-corrected chi connectivity index (χ1v) is 8.16. The molecular formula is C18H28N2O2. The Morgan fingerprint density at radius 1 is 1.27 bits per heavy atom. The molecule has 0 aromatic heterocycles. The Morgan fingerprint density at radius 2 is 1.91 bits per heavy atom. The van der Waals surface area contributed by atoms with Crippen molar-refractivity contribution in [3.63, 3.8) is 0 Å². The largest absolute Gasteiger partial charge is 0.444 e. The summed E-state index contributed by atoms with van der Waals surface area (Å²) in [5.41, 5.74) is 2.23. The van der Waals surface area contributed by atoms with Crippen LogP contribution < -0.4 is 5.32 Å². The van der Waals surface area contributed by atoms with Crippen LogP contribution in [0.5, 0.6) is 0 Å². The Labute approximate surface area is 133 Å². The van der Waals surface area contributed by atoms with E-state index in [1.54, 1.807) is 0 Å². The molecule has 0 spiro atoms. The molecule has 1 aromatic carbocycles. The van der Waals surface area contributed by atoms with Crippen LogP contribution in [0.2, 0.25) is 0 Å². The third kappa shape index (κ3) is 5.02. The van der Waals surface area contributed by atoms with Gasteiger partial charge in [0.05, 0.1) is 0 Å². The summed E-state index contributed by atoms with van der Waals surface area (Å²) >= 11 is 0. The average Bonchev–Trinajstić information content (AvgIpc) is 2.46. The van der Waals surface area contributed by atoms with Crippen LogP contribution >= 0.6 is 0 Å². The van der Waals surface area contributed by atoms with E-state index in [9.17, 15) is 4.79 Å². The molecule has 4 heteroatoms. The van der Waals surface area contributed by atoms with E-state index in [2.05, 4.69) is 36.5 Å². The average molecular weight is 304 g/mol. The number of nitrogens with zero attached hydrogens (tertiary/aromatic N) is 1. The topological polar surface area (TPSA) is 41.6 Å². The number of hydrogen-bond acceptors (Lipinski definition) is 3. The molecule has 0 saturated carbocycles. The Morgan fingerprint density at radius 3 is 2.50 bits per heavy atom. The Balaban J connectivity index is 1.91. The molecule has 22 heavy (non-hydrogen) atoms. The number of piperazine rings is 1. The van der Waals surface area contributed by atoms with Gasteiger partial charge < -0.3 is 15.0 Å². The maximum Gasteiger partial charge on any atom is 0.410 e. The molecule has 1 aliphatic rings. The predicted octanol–water partition coefficient (Wildman–Crippen LogP) is 3.00. The predicted molar refractivity (Wildman–Crippen MR) is 89.1 cm³/mol. The number of carbonyl (C=O) groups is 1. The van der Waals surface area contributed by atoms with Crippen molar-refractivity contribution in [1.82, 2.24) is 10.2 Å². The Bertz CT molecular complexity index is 491. The van der Waals surface area contributed by atoms with E-state index in [0.717, 1.165) is 19.4 Å². The van der Waals surface area contributed by atoms with Crippen LogP contribution in [0.15, 0.2) is 24.3 Å². The van der Waals surface area contributed by atoms with Gasteiger partial charge in [-0.3, -0.25) is 0 Å². The lowest BCUT2D eigenvalue weighted by atomic mass is 10.0. The van der Waals surface area contributed by atoms with Gasteiger partial charge in [-0.25, -0.2) is 4.79 Å². The lowest BCUT2D eigenvalue weighted by Crippen LogP contribution is -2.54. The highest BCUT2D eigenvalue weighted by Crippen LogP contribution is 2.14. The van der Waals surface area contributed by atoms with E-state index in [1.807, 2.05) is 25.7 Å². The van der Waals surface area contributed by atoms with Crippen LogP contribution in [0.25, 0.3) is 0 Å². The number of carbonyl (C=O) groups excluding carboxylic acids is 1. The van der Waals surface area contributed by atoms with Gasteiger partial charge in [0.1, 0.15) is 5.60 Å². The normalized spacial score (nSPS) is 19.1. The zero-order chi connectivity index (χ0) is 16.2. The molecular weight excluding hydrogens is 276 g/mol. The van der Waals surface area contributed by atoms with Gasteiger partial charge in [0.25, 0.3) is 0 Å². The summed E-state index contributed by atoms with van der Waals surface area (Å²) in [6, 6.07) is 9.03. The third-order valence-electron chi connectivity index (χ3n) is 3.82. The van der Waals surface area contributed by atoms with Crippen LogP contribution in [-0.4, -0.2) is 42.3 Å². The molecule has 4 nitrogen and oxygen atoms in total. The van der Waals surface area contributed by atoms with Gasteiger partial charge in [-0.2, -0.15) is 0 Å². The smallest absolute Gasteiger partial charge is 0.410 e. The van der Waals surface area contributed by atoms with E-state index >= 15 is 0 Å². The standard InChI is InChI=1S/C18H28N2O2/c1-5-14-6-8-15(9-7-14)12-16-13-20(11-10-19-16)17(21)22-18(2,3)4/h6-9,16,19H,5,10-13H2,1-4H3/t16-/m1/s1. The van der Waals surface area contributed by atoms with Gasteiger partial charge in [-0.15, -0.1) is 0 Å². The maximum absolute atomic E-state index is 12.2. The fraction of sp³-hybridized carbons (Fsp3) is 0.611. The molecule has 1 atom stereocenters. The molecule has 2 rings (SSSR count). The van der Waals surface area contributed by atoms with Gasteiger partial charge in [-0.1, -0.05) is 31.2 Å². The van der Waals surface area contributed by atoms with Gasteiger partial charge in [0, 0.05) is 25.7 Å². The zero-order valence-electron chi connectivity index (χ0n) is 14.2. The zero-order valence-corrected chi connectivity index (χ0v) is 14.2. The highest BCUT2D eigenvalue weighted by molar-refractivity contribution is 5.68. The number of ether oxygens (including phenoxy) is 1. The van der Waals surface area contributed by atoms with E-state index in [4.69, 9.17) is 4.74 Å². The van der Waals surface area contributed by atoms with Crippen molar-refractivity contribution in [1.29, 1.82) is 0 Å². The second kappa shape index (κ2) is 7.14. The van der Waals surface area contributed by atoms with Crippen molar-refractivity contribution < 1.29 is 9.53 Å². The van der Waals surface area contributed by atoms with Crippen molar-refractivity contribution in [2.75, 3.05) is 19.6 Å². The highest BCUT2D eigenvalue weighted by Gasteiger charge is 2.27. The van der Waals surface area contributed by atoms with Crippen molar-refractivity contribution in [2.24, 2.45) is 0 Å². The maximum atomic E-state index is 12.2. The lowest BCUT2D eigenvalue weighted by Gasteiger charge is -2.35. The summed E-state index contributed by atoms with van der Waals surface area (Å²) in [6.07, 6.45) is 1.79. The van der Waals surface area contributed by atoms with E-state index in [-0.39, 0.29) is 12.1 Å². The molecule has 1 fully saturated rings. The minimum absolute atomic E-state index is 0.208. The number of rotatable bonds is 3. The van der Waals surface area contributed by atoms with Crippen LogP contribution in [-0.2, 0) is 17.6 Å². The molecule has 122 valence electrons. The monoisotopic (exact) mass is 304 g/mol. The summed E-state index contributed by atoms with van der Waals surface area (Å²) in [5, 5.41) is 3.49. The molecule has 1 aromatic rings. The number of benzene rings is 1. The summed E-state index contributed by atoms with van der Waals surface area (Å²) < 4.78 is 5.47. The van der Waals surface area contributed by atoms with Gasteiger partial charge >= 0.3 is 6.09 Å². The fourth-order valence-corrected chi connectivity index (χ4v) is 2.65. The van der Waals surface area contributed by atoms with Crippen LogP contribution in [0.4, 0.5) is 4.79 Å². The van der Waals surface area contributed by atoms with E-state index in [0.29, 0.717) is 13.1 Å². The van der Waals surface area contributed by atoms with Crippen LogP contribution in [0, 0.1) is 0 Å². The van der Waals surface area contributed by atoms with Crippen LogP contribution in [0.1, 0.15) is 38.8 Å². The second-order valence-corrected chi connectivity index (χ2v) is 6.95. The molecule has 1 saturated heterocycles. The molecule has 0 bridgehead atoms. The van der Waals surface area contributed by atoms with Crippen molar-refractivity contribution in [2.45, 2.75) is 52.2 Å². The second-order valence-electron chi connectivity index (χ2n) is 6.95. The summed E-state index contributed by atoms with van der Waals surface area (Å²) in [4.78, 5) is 14.0. The first kappa shape index (κ1) is 16.8. The van der Waals surface area contributed by atoms with Crippen molar-refractivity contribution in [3.05, 3.63) is 35.4 Å². The first-order chi connectivity index (χ1) is 10.4. The summed E-state index contributed by atoms with van der Waals surface area (Å²) in [6.45, 7) is 10.1. The number of nitrogens with one attached hydrogen (secondary N) is 1. The Hall–Kier alpha value is -1.55. The summed E-state index contributed by atoms with van der Waals surface area (Å²) in [5.74, 6) is 0. The molecule has 0 aliphatic carbocycles. The molecule has 1 heterocycles. The molecule has 0 unspecified atom stereocenters. The lowest BCUT2D eigenvalue weighted by molar-refractivity contribution is 0.0195. The van der Waals surface area contributed by atoms with Gasteiger partial charge in [0.15, 0.2) is 0 Å². The number of amides is 1. The van der Waals surface area contributed by atoms with Crippen molar-refractivity contribution >= 4 is 6.09 Å². The molecule has 1 N–H and O–H groups in total. The minimum atomic E-state index is -0.437. The quantitative estimate of drug-likeness (QED) is 0.933. The first-order valence-electron chi connectivity index (χ1n) is 8.16. The number of aryl methyl sites for hydroxylation is 1. The van der Waals surface area contributed by atoms with Gasteiger partial charge in [0.2, 0.25) is 0 Å². The third-order valence-corrected chi connectivity index (χ3v) is 3.82.